The van der Waals surface area contributed by atoms with Crippen molar-refractivity contribution >= 4 is 16.7 Å². The van der Waals surface area contributed by atoms with Gasteiger partial charge >= 0.3 is 0 Å². The lowest BCUT2D eigenvalue weighted by Gasteiger charge is -2.29. The molecule has 98 valence electrons. The predicted octanol–water partition coefficient (Wildman–Crippen LogP) is 1.90. The van der Waals surface area contributed by atoms with Crippen molar-refractivity contribution in [3.05, 3.63) is 41.1 Å². The van der Waals surface area contributed by atoms with E-state index in [1.54, 1.807) is 0 Å². The van der Waals surface area contributed by atoms with Crippen molar-refractivity contribution < 1.29 is 0 Å². The third kappa shape index (κ3) is 1.98. The monoisotopic (exact) mass is 254 g/mol. The topological polar surface area (TPSA) is 66.0 Å². The van der Waals surface area contributed by atoms with Crippen LogP contribution in [0.25, 0.3) is 10.9 Å². The minimum Gasteiger partial charge on any atom is -0.384 e. The zero-order chi connectivity index (χ0) is 13.4. The lowest BCUT2D eigenvalue weighted by atomic mass is 9.95. The zero-order valence-corrected chi connectivity index (χ0v) is 11.1. The molecule has 3 rings (SSSR count). The van der Waals surface area contributed by atoms with Crippen LogP contribution < -0.4 is 5.73 Å². The molecule has 0 unspecified atom stereocenters. The number of hydrogen-bond acceptors (Lipinski definition) is 3. The quantitative estimate of drug-likeness (QED) is 0.635. The first-order valence-electron chi connectivity index (χ1n) is 6.68. The Morgan fingerprint density at radius 1 is 1.42 bits per heavy atom. The number of fused-ring (bicyclic) bond motifs is 2. The second kappa shape index (κ2) is 4.63. The molecule has 1 aliphatic rings. The van der Waals surface area contributed by atoms with Crippen LogP contribution >= 0.6 is 0 Å². The highest BCUT2D eigenvalue weighted by molar-refractivity contribution is 6.08. The molecule has 0 amide bonds. The number of nitrogen functional groups attached to an aromatic ring is 1. The van der Waals surface area contributed by atoms with Crippen molar-refractivity contribution in [1.82, 2.24) is 9.88 Å². The van der Waals surface area contributed by atoms with Crippen LogP contribution in [0, 0.1) is 5.41 Å². The predicted molar refractivity (Wildman–Crippen MR) is 77.4 cm³/mol. The smallest absolute Gasteiger partial charge is 0.123 e. The SMILES string of the molecule is CCN1CCc2nc3ccccc3c(C(=N)N)c2C1. The summed E-state index contributed by atoms with van der Waals surface area (Å²) in [6.07, 6.45) is 0.939. The lowest BCUT2D eigenvalue weighted by Crippen LogP contribution is -2.33. The average molecular weight is 254 g/mol. The highest BCUT2D eigenvalue weighted by atomic mass is 15.1. The summed E-state index contributed by atoms with van der Waals surface area (Å²) in [5.74, 6) is 0.146. The van der Waals surface area contributed by atoms with Crippen molar-refractivity contribution in [2.75, 3.05) is 13.1 Å². The molecule has 19 heavy (non-hydrogen) atoms. The molecule has 4 nitrogen and oxygen atoms in total. The number of hydrogen-bond donors (Lipinski definition) is 2. The van der Waals surface area contributed by atoms with Gasteiger partial charge in [-0.05, 0) is 18.2 Å². The molecule has 0 radical (unpaired) electrons. The molecule has 3 N–H and O–H groups in total. The Morgan fingerprint density at radius 3 is 2.95 bits per heavy atom. The number of pyridine rings is 1. The molecular weight excluding hydrogens is 236 g/mol. The number of rotatable bonds is 2. The molecule has 1 aliphatic heterocycles. The van der Waals surface area contributed by atoms with E-state index in [1.165, 1.54) is 0 Å². The molecule has 0 bridgehead atoms. The third-order valence-corrected chi connectivity index (χ3v) is 3.84. The van der Waals surface area contributed by atoms with Crippen molar-refractivity contribution in [2.45, 2.75) is 19.9 Å². The Hall–Kier alpha value is -1.94. The number of aromatic nitrogens is 1. The minimum absolute atomic E-state index is 0.146. The Morgan fingerprint density at radius 2 is 2.21 bits per heavy atom. The molecule has 0 aliphatic carbocycles. The van der Waals surface area contributed by atoms with Crippen LogP contribution in [0.15, 0.2) is 24.3 Å². The van der Waals surface area contributed by atoms with Crippen molar-refractivity contribution in [3.8, 4) is 0 Å². The third-order valence-electron chi connectivity index (χ3n) is 3.84. The molecule has 0 fully saturated rings. The van der Waals surface area contributed by atoms with E-state index in [9.17, 15) is 0 Å². The normalized spacial score (nSPS) is 15.4. The van der Waals surface area contributed by atoms with Gasteiger partial charge in [0.15, 0.2) is 0 Å². The molecule has 4 heteroatoms. The van der Waals surface area contributed by atoms with Crippen LogP contribution in [0.5, 0.6) is 0 Å². The van der Waals surface area contributed by atoms with E-state index < -0.39 is 0 Å². The van der Waals surface area contributed by atoms with Crippen LogP contribution in [0.2, 0.25) is 0 Å². The number of nitrogens with two attached hydrogens (primary N) is 1. The Kier molecular flexibility index (Phi) is 2.95. The first-order valence-corrected chi connectivity index (χ1v) is 6.68. The molecule has 1 aromatic heterocycles. The zero-order valence-electron chi connectivity index (χ0n) is 11.1. The van der Waals surface area contributed by atoms with Crippen molar-refractivity contribution in [2.24, 2.45) is 5.73 Å². The van der Waals surface area contributed by atoms with Crippen LogP contribution in [0.1, 0.15) is 23.7 Å². The summed E-state index contributed by atoms with van der Waals surface area (Å²) >= 11 is 0. The van der Waals surface area contributed by atoms with Crippen LogP contribution in [0.4, 0.5) is 0 Å². The number of benzene rings is 1. The van der Waals surface area contributed by atoms with E-state index in [4.69, 9.17) is 16.1 Å². The molecule has 0 atom stereocenters. The second-order valence-electron chi connectivity index (χ2n) is 4.96. The van der Waals surface area contributed by atoms with Gasteiger partial charge < -0.3 is 5.73 Å². The molecular formula is C15H18N4. The molecule has 2 heterocycles. The van der Waals surface area contributed by atoms with E-state index in [1.807, 2.05) is 24.3 Å². The van der Waals surface area contributed by atoms with Crippen LogP contribution in [-0.2, 0) is 13.0 Å². The molecule has 2 aromatic rings. The average Bonchev–Trinajstić information content (AvgIpc) is 2.43. The molecule has 0 spiro atoms. The van der Waals surface area contributed by atoms with Gasteiger partial charge in [0.2, 0.25) is 0 Å². The number of amidine groups is 1. The van der Waals surface area contributed by atoms with Gasteiger partial charge in [-0.25, -0.2) is 0 Å². The van der Waals surface area contributed by atoms with Crippen molar-refractivity contribution in [1.29, 1.82) is 5.41 Å². The minimum atomic E-state index is 0.146. The highest BCUT2D eigenvalue weighted by Gasteiger charge is 2.22. The Labute approximate surface area is 112 Å². The summed E-state index contributed by atoms with van der Waals surface area (Å²) in [4.78, 5) is 7.11. The summed E-state index contributed by atoms with van der Waals surface area (Å²) in [6.45, 7) is 5.06. The Balaban J connectivity index is 2.28. The Bertz CT molecular complexity index is 648. The first kappa shape index (κ1) is 12.1. The summed E-state index contributed by atoms with van der Waals surface area (Å²) in [5.41, 5.74) is 9.89. The van der Waals surface area contributed by atoms with E-state index in [-0.39, 0.29) is 5.84 Å². The largest absolute Gasteiger partial charge is 0.384 e. The van der Waals surface area contributed by atoms with Gasteiger partial charge in [0.05, 0.1) is 5.52 Å². The maximum atomic E-state index is 7.91. The number of likely N-dealkylation sites (N-methyl/N-ethyl adjacent to an activating group) is 1. The van der Waals surface area contributed by atoms with E-state index in [2.05, 4.69) is 11.8 Å². The summed E-state index contributed by atoms with van der Waals surface area (Å²) in [7, 11) is 0. The van der Waals surface area contributed by atoms with Gasteiger partial charge in [0.25, 0.3) is 0 Å². The standard InChI is InChI=1S/C15H18N4/c1-2-19-8-7-13-11(9-19)14(15(16)17)10-5-3-4-6-12(10)18-13/h3-6H,2,7-9H2,1H3,(H3,16,17). The summed E-state index contributed by atoms with van der Waals surface area (Å²) in [5, 5.41) is 8.90. The van der Waals surface area contributed by atoms with Gasteiger partial charge in [0.1, 0.15) is 5.84 Å². The fraction of sp³-hybridized carbons (Fsp3) is 0.333. The first-order chi connectivity index (χ1) is 9.20. The lowest BCUT2D eigenvalue weighted by molar-refractivity contribution is 0.266. The van der Waals surface area contributed by atoms with E-state index >= 15 is 0 Å². The van der Waals surface area contributed by atoms with Gasteiger partial charge in [-0.2, -0.15) is 0 Å². The van der Waals surface area contributed by atoms with E-state index in [0.29, 0.717) is 0 Å². The van der Waals surface area contributed by atoms with Gasteiger partial charge in [0, 0.05) is 36.2 Å². The maximum Gasteiger partial charge on any atom is 0.123 e. The van der Waals surface area contributed by atoms with Crippen LogP contribution in [0.3, 0.4) is 0 Å². The summed E-state index contributed by atoms with van der Waals surface area (Å²) in [6, 6.07) is 7.95. The molecule has 1 aromatic carbocycles. The van der Waals surface area contributed by atoms with Crippen molar-refractivity contribution in [3.63, 3.8) is 0 Å². The summed E-state index contributed by atoms with van der Waals surface area (Å²) < 4.78 is 0. The fourth-order valence-corrected chi connectivity index (χ4v) is 2.82. The second-order valence-corrected chi connectivity index (χ2v) is 4.96. The van der Waals surface area contributed by atoms with Gasteiger partial charge in [-0.1, -0.05) is 25.1 Å². The van der Waals surface area contributed by atoms with Gasteiger partial charge in [-0.15, -0.1) is 0 Å². The maximum absolute atomic E-state index is 7.91. The molecule has 0 saturated heterocycles. The van der Waals surface area contributed by atoms with E-state index in [0.717, 1.165) is 53.8 Å². The molecule has 0 saturated carbocycles. The number of nitrogens with zero attached hydrogens (tertiary/aromatic N) is 2. The number of nitrogens with one attached hydrogen (secondary N) is 1. The van der Waals surface area contributed by atoms with Crippen LogP contribution in [-0.4, -0.2) is 28.8 Å². The highest BCUT2D eigenvalue weighted by Crippen LogP contribution is 2.27. The van der Waals surface area contributed by atoms with Gasteiger partial charge in [-0.3, -0.25) is 15.3 Å². The number of para-hydroxylation sites is 1. The fourth-order valence-electron chi connectivity index (χ4n) is 2.82.